The van der Waals surface area contributed by atoms with Crippen molar-refractivity contribution in [2.75, 3.05) is 12.3 Å². The Bertz CT molecular complexity index is 344. The predicted molar refractivity (Wildman–Crippen MR) is 64.3 cm³/mol. The van der Waals surface area contributed by atoms with Gasteiger partial charge in [-0.15, -0.1) is 11.8 Å². The molecule has 0 N–H and O–H groups in total. The van der Waals surface area contributed by atoms with Crippen LogP contribution >= 0.6 is 11.8 Å². The number of aryl methyl sites for hydroxylation is 1. The van der Waals surface area contributed by atoms with Crippen LogP contribution in [0.1, 0.15) is 24.5 Å². The van der Waals surface area contributed by atoms with E-state index in [4.69, 9.17) is 0 Å². The lowest BCUT2D eigenvalue weighted by atomic mass is 10.0. The molecule has 2 rings (SSSR count). The van der Waals surface area contributed by atoms with E-state index >= 15 is 0 Å². The number of fused-ring (bicyclic) bond motifs is 1. The van der Waals surface area contributed by atoms with Gasteiger partial charge in [0.1, 0.15) is 0 Å². The molecule has 1 aromatic rings. The van der Waals surface area contributed by atoms with Crippen molar-refractivity contribution in [3.05, 3.63) is 35.4 Å². The summed E-state index contributed by atoms with van der Waals surface area (Å²) in [6, 6.07) is 8.66. The third-order valence-corrected chi connectivity index (χ3v) is 3.30. The molecule has 0 amide bonds. The van der Waals surface area contributed by atoms with E-state index in [0.717, 1.165) is 12.3 Å². The summed E-state index contributed by atoms with van der Waals surface area (Å²) in [7, 11) is 0. The lowest BCUT2D eigenvalue weighted by molar-refractivity contribution is 0.845. The van der Waals surface area contributed by atoms with Gasteiger partial charge in [0, 0.05) is 12.1 Å². The van der Waals surface area contributed by atoms with Gasteiger partial charge in [-0.25, -0.2) is 0 Å². The molecule has 0 radical (unpaired) electrons. The molecule has 0 unspecified atom stereocenters. The van der Waals surface area contributed by atoms with Gasteiger partial charge in [0.05, 0.1) is 5.04 Å². The van der Waals surface area contributed by atoms with Crippen LogP contribution in [0.5, 0.6) is 0 Å². The van der Waals surface area contributed by atoms with Crippen molar-refractivity contribution in [2.45, 2.75) is 19.8 Å². The van der Waals surface area contributed by atoms with Crippen molar-refractivity contribution >= 4 is 16.8 Å². The van der Waals surface area contributed by atoms with E-state index in [2.05, 4.69) is 36.2 Å². The summed E-state index contributed by atoms with van der Waals surface area (Å²) in [5.41, 5.74) is 2.82. The van der Waals surface area contributed by atoms with Crippen molar-refractivity contribution in [1.82, 2.24) is 0 Å². The Morgan fingerprint density at radius 2 is 2.21 bits per heavy atom. The van der Waals surface area contributed by atoms with E-state index in [1.807, 2.05) is 11.8 Å². The molecule has 0 atom stereocenters. The third-order valence-electron chi connectivity index (χ3n) is 2.39. The molecule has 0 saturated carbocycles. The van der Waals surface area contributed by atoms with Crippen molar-refractivity contribution < 1.29 is 0 Å². The number of benzene rings is 1. The second kappa shape index (κ2) is 4.65. The largest absolute Gasteiger partial charge is 0.278 e. The molecule has 0 spiro atoms. The number of nitrogens with zero attached hydrogens (tertiary/aromatic N) is 1. The smallest absolute Gasteiger partial charge is 0.0979 e. The minimum Gasteiger partial charge on any atom is -0.278 e. The lowest BCUT2D eigenvalue weighted by Gasteiger charge is -2.06. The Morgan fingerprint density at radius 1 is 1.36 bits per heavy atom. The monoisotopic (exact) mass is 205 g/mol. The van der Waals surface area contributed by atoms with Gasteiger partial charge in [0.2, 0.25) is 0 Å². The van der Waals surface area contributed by atoms with E-state index in [0.29, 0.717) is 0 Å². The molecule has 2 heteroatoms. The van der Waals surface area contributed by atoms with Crippen molar-refractivity contribution in [3.8, 4) is 0 Å². The van der Waals surface area contributed by atoms with Crippen LogP contribution in [0, 0.1) is 0 Å². The molecule has 0 aromatic heterocycles. The molecular weight excluding hydrogens is 190 g/mol. The first kappa shape index (κ1) is 9.78. The van der Waals surface area contributed by atoms with Crippen molar-refractivity contribution in [1.29, 1.82) is 0 Å². The highest BCUT2D eigenvalue weighted by molar-refractivity contribution is 8.14. The number of hydrogen-bond donors (Lipinski definition) is 0. The van der Waals surface area contributed by atoms with Gasteiger partial charge in [-0.05, 0) is 24.2 Å². The number of aliphatic imine (C=N–C) groups is 1. The summed E-state index contributed by atoms with van der Waals surface area (Å²) < 4.78 is 0. The molecule has 1 heterocycles. The second-order valence-electron chi connectivity index (χ2n) is 3.38. The molecule has 14 heavy (non-hydrogen) atoms. The Labute approximate surface area is 89.6 Å². The zero-order valence-corrected chi connectivity index (χ0v) is 9.31. The molecule has 1 aromatic carbocycles. The van der Waals surface area contributed by atoms with Crippen LogP contribution in [0.25, 0.3) is 0 Å². The van der Waals surface area contributed by atoms with Crippen LogP contribution in [-0.4, -0.2) is 17.3 Å². The maximum absolute atomic E-state index is 4.63. The summed E-state index contributed by atoms with van der Waals surface area (Å²) >= 11 is 1.86. The average Bonchev–Trinajstić information content (AvgIpc) is 2.42. The highest BCUT2D eigenvalue weighted by atomic mass is 32.2. The first-order chi connectivity index (χ1) is 6.92. The molecular formula is C12H15NS. The predicted octanol–water partition coefficient (Wildman–Crippen LogP) is 3.13. The first-order valence-corrected chi connectivity index (χ1v) is 6.16. The summed E-state index contributed by atoms with van der Waals surface area (Å²) in [5, 5.41) is 1.24. The zero-order valence-electron chi connectivity index (χ0n) is 8.49. The topological polar surface area (TPSA) is 12.4 Å². The fraction of sp³-hybridized carbons (Fsp3) is 0.417. The number of rotatable bonds is 1. The summed E-state index contributed by atoms with van der Waals surface area (Å²) in [6.45, 7) is 3.16. The van der Waals surface area contributed by atoms with Crippen LogP contribution in [0.4, 0.5) is 0 Å². The fourth-order valence-corrected chi connectivity index (χ4v) is 2.55. The van der Waals surface area contributed by atoms with Crippen LogP contribution in [0.2, 0.25) is 0 Å². The lowest BCUT2D eigenvalue weighted by Crippen LogP contribution is -1.99. The van der Waals surface area contributed by atoms with Crippen LogP contribution in [0.3, 0.4) is 0 Å². The van der Waals surface area contributed by atoms with Crippen LogP contribution in [-0.2, 0) is 6.42 Å². The summed E-state index contributed by atoms with van der Waals surface area (Å²) in [6.07, 6.45) is 2.36. The molecule has 0 fully saturated rings. The second-order valence-corrected chi connectivity index (χ2v) is 4.63. The van der Waals surface area contributed by atoms with Gasteiger partial charge in [-0.2, -0.15) is 0 Å². The highest BCUT2D eigenvalue weighted by Gasteiger charge is 2.11. The SMILES string of the molecule is CCSC1=NCCCc2ccccc21. The van der Waals surface area contributed by atoms with E-state index < -0.39 is 0 Å². The quantitative estimate of drug-likeness (QED) is 0.686. The standard InChI is InChI=1S/C12H15NS/c1-2-14-12-11-8-4-3-6-10(11)7-5-9-13-12/h3-4,6,8H,2,5,7,9H2,1H3. The molecule has 0 saturated heterocycles. The molecule has 74 valence electrons. The van der Waals surface area contributed by atoms with E-state index in [9.17, 15) is 0 Å². The van der Waals surface area contributed by atoms with Crippen molar-refractivity contribution in [2.24, 2.45) is 4.99 Å². The van der Waals surface area contributed by atoms with E-state index in [-0.39, 0.29) is 0 Å². The Morgan fingerprint density at radius 3 is 3.07 bits per heavy atom. The fourth-order valence-electron chi connectivity index (χ4n) is 1.74. The normalized spacial score (nSPS) is 15.6. The van der Waals surface area contributed by atoms with Crippen LogP contribution < -0.4 is 0 Å². The Kier molecular flexibility index (Phi) is 3.25. The van der Waals surface area contributed by atoms with Gasteiger partial charge >= 0.3 is 0 Å². The maximum Gasteiger partial charge on any atom is 0.0979 e. The summed E-state index contributed by atoms with van der Waals surface area (Å²) in [5.74, 6) is 1.10. The van der Waals surface area contributed by atoms with Crippen LogP contribution in [0.15, 0.2) is 29.3 Å². The molecule has 1 nitrogen and oxygen atoms in total. The Hall–Kier alpha value is -0.760. The maximum atomic E-state index is 4.63. The molecule has 0 aliphatic carbocycles. The summed E-state index contributed by atoms with van der Waals surface area (Å²) in [4.78, 5) is 4.63. The van der Waals surface area contributed by atoms with Gasteiger partial charge < -0.3 is 0 Å². The van der Waals surface area contributed by atoms with Gasteiger partial charge in [0.15, 0.2) is 0 Å². The third kappa shape index (κ3) is 2.01. The van der Waals surface area contributed by atoms with E-state index in [1.54, 1.807) is 0 Å². The molecule has 1 aliphatic rings. The highest BCUT2D eigenvalue weighted by Crippen LogP contribution is 2.21. The van der Waals surface area contributed by atoms with E-state index in [1.165, 1.54) is 29.0 Å². The van der Waals surface area contributed by atoms with Gasteiger partial charge in [-0.3, -0.25) is 4.99 Å². The molecule has 1 aliphatic heterocycles. The average molecular weight is 205 g/mol. The van der Waals surface area contributed by atoms with Gasteiger partial charge in [-0.1, -0.05) is 31.2 Å². The zero-order chi connectivity index (χ0) is 9.80. The Balaban J connectivity index is 2.37. The number of thioether (sulfide) groups is 1. The minimum absolute atomic E-state index is 0.983. The first-order valence-electron chi connectivity index (χ1n) is 5.17. The minimum atomic E-state index is 0.983. The number of hydrogen-bond acceptors (Lipinski definition) is 2. The molecule has 0 bridgehead atoms. The van der Waals surface area contributed by atoms with Crippen molar-refractivity contribution in [3.63, 3.8) is 0 Å². The van der Waals surface area contributed by atoms with Gasteiger partial charge in [0.25, 0.3) is 0 Å².